The topological polar surface area (TPSA) is 46.3 Å². The van der Waals surface area contributed by atoms with E-state index in [-0.39, 0.29) is 35.0 Å². The molecule has 0 aliphatic carbocycles. The van der Waals surface area contributed by atoms with Crippen LogP contribution in [0.2, 0.25) is 0 Å². The molecule has 19 heavy (non-hydrogen) atoms. The molecule has 2 atom stereocenters. The molecule has 6 heteroatoms. The Morgan fingerprint density at radius 3 is 2.47 bits per heavy atom. The van der Waals surface area contributed by atoms with Crippen LogP contribution in [0.15, 0.2) is 0 Å². The summed E-state index contributed by atoms with van der Waals surface area (Å²) in [4.78, 5) is 14.3. The van der Waals surface area contributed by atoms with Crippen molar-refractivity contribution in [1.29, 1.82) is 0 Å². The van der Waals surface area contributed by atoms with E-state index in [9.17, 15) is 4.79 Å². The maximum Gasteiger partial charge on any atom is 0.226 e. The van der Waals surface area contributed by atoms with E-state index >= 15 is 0 Å². The van der Waals surface area contributed by atoms with E-state index < -0.39 is 0 Å². The SMILES string of the molecule is CC(C)(S)[C@H]1C[C@@H](CS)C(=O)N1CCCCCN.Cl. The minimum absolute atomic E-state index is 0. The molecule has 3 nitrogen and oxygen atoms in total. The smallest absolute Gasteiger partial charge is 0.226 e. The lowest BCUT2D eigenvalue weighted by atomic mass is 9.97. The van der Waals surface area contributed by atoms with Crippen molar-refractivity contribution in [3.63, 3.8) is 0 Å². The Kier molecular flexibility index (Phi) is 8.84. The zero-order chi connectivity index (χ0) is 13.8. The van der Waals surface area contributed by atoms with Crippen LogP contribution < -0.4 is 5.73 Å². The van der Waals surface area contributed by atoms with Crippen molar-refractivity contribution in [3.8, 4) is 0 Å². The normalized spacial score (nSPS) is 23.6. The van der Waals surface area contributed by atoms with Gasteiger partial charge in [-0.3, -0.25) is 4.79 Å². The largest absolute Gasteiger partial charge is 0.338 e. The lowest BCUT2D eigenvalue weighted by molar-refractivity contribution is -0.131. The number of hydrogen-bond acceptors (Lipinski definition) is 4. The number of nitrogens with zero attached hydrogens (tertiary/aromatic N) is 1. The Morgan fingerprint density at radius 2 is 2.00 bits per heavy atom. The second-order valence-electron chi connectivity index (χ2n) is 5.67. The highest BCUT2D eigenvalue weighted by Crippen LogP contribution is 2.35. The van der Waals surface area contributed by atoms with Gasteiger partial charge in [-0.25, -0.2) is 0 Å². The first kappa shape index (κ1) is 19.4. The molecule has 1 aliphatic heterocycles. The second kappa shape index (κ2) is 8.65. The first-order valence-electron chi connectivity index (χ1n) is 6.75. The molecule has 1 heterocycles. The Hall–Kier alpha value is 0.420. The van der Waals surface area contributed by atoms with Crippen LogP contribution in [0.25, 0.3) is 0 Å². The molecule has 2 N–H and O–H groups in total. The van der Waals surface area contributed by atoms with E-state index in [0.29, 0.717) is 5.75 Å². The minimum Gasteiger partial charge on any atom is -0.338 e. The van der Waals surface area contributed by atoms with E-state index in [1.54, 1.807) is 0 Å². The molecule has 0 unspecified atom stereocenters. The van der Waals surface area contributed by atoms with Gasteiger partial charge in [0.2, 0.25) is 5.91 Å². The number of rotatable bonds is 7. The summed E-state index contributed by atoms with van der Waals surface area (Å²) in [5.41, 5.74) is 5.49. The third kappa shape index (κ3) is 5.37. The van der Waals surface area contributed by atoms with Crippen molar-refractivity contribution in [2.75, 3.05) is 18.8 Å². The van der Waals surface area contributed by atoms with Gasteiger partial charge in [-0.05, 0) is 39.7 Å². The first-order valence-corrected chi connectivity index (χ1v) is 7.83. The summed E-state index contributed by atoms with van der Waals surface area (Å²) in [5.74, 6) is 0.961. The van der Waals surface area contributed by atoms with Gasteiger partial charge in [-0.15, -0.1) is 12.4 Å². The summed E-state index contributed by atoms with van der Waals surface area (Å²) in [6.45, 7) is 5.73. The number of amides is 1. The van der Waals surface area contributed by atoms with Gasteiger partial charge in [0, 0.05) is 29.0 Å². The average Bonchev–Trinajstić information content (AvgIpc) is 2.61. The van der Waals surface area contributed by atoms with E-state index in [4.69, 9.17) is 5.73 Å². The van der Waals surface area contributed by atoms with Crippen LogP contribution in [0, 0.1) is 5.92 Å². The van der Waals surface area contributed by atoms with Gasteiger partial charge in [-0.2, -0.15) is 25.3 Å². The standard InChI is InChI=1S/C13H26N2OS2.ClH/c1-13(2,18)11-8-10(9-17)12(16)15(11)7-5-3-4-6-14;/h10-11,17-18H,3-9,14H2,1-2H3;1H/t10-,11+;/m0./s1. The Morgan fingerprint density at radius 1 is 1.37 bits per heavy atom. The molecule has 1 saturated heterocycles. The molecule has 114 valence electrons. The summed E-state index contributed by atoms with van der Waals surface area (Å²) >= 11 is 8.94. The Bertz CT molecular complexity index is 284. The molecule has 1 aliphatic rings. The van der Waals surface area contributed by atoms with Gasteiger partial charge in [0.15, 0.2) is 0 Å². The molecule has 0 aromatic heterocycles. The number of carbonyl (C=O) groups excluding carboxylic acids is 1. The molecule has 0 aromatic carbocycles. The van der Waals surface area contributed by atoms with Gasteiger partial charge in [0.05, 0.1) is 0 Å². The zero-order valence-corrected chi connectivity index (χ0v) is 14.4. The summed E-state index contributed by atoms with van der Waals surface area (Å²) in [6, 6.07) is 0.225. The predicted molar refractivity (Wildman–Crippen MR) is 90.7 cm³/mol. The van der Waals surface area contributed by atoms with E-state index in [0.717, 1.165) is 38.8 Å². The Balaban J connectivity index is 0.00000324. The van der Waals surface area contributed by atoms with Crippen LogP contribution in [-0.2, 0) is 4.79 Å². The lowest BCUT2D eigenvalue weighted by Crippen LogP contribution is -2.44. The van der Waals surface area contributed by atoms with Crippen LogP contribution in [-0.4, -0.2) is 40.4 Å². The fraction of sp³-hybridized carbons (Fsp3) is 0.923. The fourth-order valence-corrected chi connectivity index (χ4v) is 3.13. The predicted octanol–water partition coefficient (Wildman–Crippen LogP) is 2.39. The Labute approximate surface area is 134 Å². The van der Waals surface area contributed by atoms with Crippen molar-refractivity contribution in [2.45, 2.75) is 50.3 Å². The summed E-state index contributed by atoms with van der Waals surface area (Å²) < 4.78 is -0.152. The number of carbonyl (C=O) groups is 1. The van der Waals surface area contributed by atoms with Crippen LogP contribution in [0.5, 0.6) is 0 Å². The number of unbranched alkanes of at least 4 members (excludes halogenated alkanes) is 2. The van der Waals surface area contributed by atoms with Gasteiger partial charge in [0.1, 0.15) is 0 Å². The van der Waals surface area contributed by atoms with Crippen LogP contribution >= 0.6 is 37.7 Å². The van der Waals surface area contributed by atoms with Crippen LogP contribution in [0.1, 0.15) is 39.5 Å². The van der Waals surface area contributed by atoms with Crippen LogP contribution in [0.3, 0.4) is 0 Å². The van der Waals surface area contributed by atoms with E-state index in [1.165, 1.54) is 0 Å². The van der Waals surface area contributed by atoms with Crippen molar-refractivity contribution in [1.82, 2.24) is 4.90 Å². The van der Waals surface area contributed by atoms with Gasteiger partial charge in [0.25, 0.3) is 0 Å². The molecular weight excluding hydrogens is 300 g/mol. The van der Waals surface area contributed by atoms with E-state index in [2.05, 4.69) is 39.1 Å². The average molecular weight is 327 g/mol. The van der Waals surface area contributed by atoms with Crippen molar-refractivity contribution in [3.05, 3.63) is 0 Å². The highest BCUT2D eigenvalue weighted by molar-refractivity contribution is 7.81. The van der Waals surface area contributed by atoms with Crippen molar-refractivity contribution in [2.24, 2.45) is 11.7 Å². The first-order chi connectivity index (χ1) is 8.41. The molecule has 0 saturated carbocycles. The second-order valence-corrected chi connectivity index (χ2v) is 7.18. The van der Waals surface area contributed by atoms with Crippen LogP contribution in [0.4, 0.5) is 0 Å². The molecule has 1 fully saturated rings. The molecule has 1 rings (SSSR count). The molecule has 0 radical (unpaired) electrons. The number of thiol groups is 2. The number of likely N-dealkylation sites (tertiary alicyclic amines) is 1. The van der Waals surface area contributed by atoms with E-state index in [1.807, 2.05) is 4.90 Å². The quantitative estimate of drug-likeness (QED) is 0.497. The molecule has 0 spiro atoms. The van der Waals surface area contributed by atoms with Gasteiger partial charge >= 0.3 is 0 Å². The minimum atomic E-state index is -0.152. The number of halogens is 1. The summed E-state index contributed by atoms with van der Waals surface area (Å²) in [6.07, 6.45) is 4.04. The zero-order valence-electron chi connectivity index (χ0n) is 11.8. The molecule has 0 bridgehead atoms. The molecular formula is C13H27ClN2OS2. The third-order valence-corrected chi connectivity index (χ3v) is 4.39. The van der Waals surface area contributed by atoms with Crippen molar-refractivity contribution >= 4 is 43.6 Å². The highest BCUT2D eigenvalue weighted by Gasteiger charge is 2.44. The van der Waals surface area contributed by atoms with Gasteiger partial charge in [-0.1, -0.05) is 6.42 Å². The van der Waals surface area contributed by atoms with Crippen molar-refractivity contribution < 1.29 is 4.79 Å². The maximum atomic E-state index is 12.3. The summed E-state index contributed by atoms with van der Waals surface area (Å²) in [7, 11) is 0. The van der Waals surface area contributed by atoms with Gasteiger partial charge < -0.3 is 10.6 Å². The maximum absolute atomic E-state index is 12.3. The lowest BCUT2D eigenvalue weighted by Gasteiger charge is -2.34. The number of hydrogen-bond donors (Lipinski definition) is 3. The monoisotopic (exact) mass is 326 g/mol. The summed E-state index contributed by atoms with van der Waals surface area (Å²) in [5, 5.41) is 0. The highest BCUT2D eigenvalue weighted by atomic mass is 35.5. The number of nitrogens with two attached hydrogens (primary N) is 1. The molecule has 0 aromatic rings. The molecule has 1 amide bonds. The third-order valence-electron chi connectivity index (χ3n) is 3.66. The fourth-order valence-electron chi connectivity index (χ4n) is 2.58.